The van der Waals surface area contributed by atoms with Crippen LogP contribution in [0.4, 0.5) is 5.69 Å². The van der Waals surface area contributed by atoms with E-state index in [9.17, 15) is 5.11 Å². The second-order valence-corrected chi connectivity index (χ2v) is 7.27. The van der Waals surface area contributed by atoms with Crippen LogP contribution in [0.15, 0.2) is 59.7 Å². The van der Waals surface area contributed by atoms with Crippen LogP contribution < -0.4 is 9.64 Å². The van der Waals surface area contributed by atoms with E-state index in [4.69, 9.17) is 21.7 Å². The summed E-state index contributed by atoms with van der Waals surface area (Å²) >= 11 is 7.53. The molecule has 0 fully saturated rings. The highest BCUT2D eigenvalue weighted by Crippen LogP contribution is 2.38. The summed E-state index contributed by atoms with van der Waals surface area (Å²) in [7, 11) is 1.56. The zero-order valence-electron chi connectivity index (χ0n) is 14.4. The van der Waals surface area contributed by atoms with Gasteiger partial charge in [-0.05, 0) is 18.2 Å². The molecule has 0 saturated carbocycles. The van der Waals surface area contributed by atoms with Crippen LogP contribution in [0.25, 0.3) is 16.8 Å². The number of hydrogen-bond acceptors (Lipinski definition) is 5. The summed E-state index contributed by atoms with van der Waals surface area (Å²) in [6.45, 7) is 0.172. The Balaban J connectivity index is 1.68. The van der Waals surface area contributed by atoms with E-state index in [0.29, 0.717) is 27.0 Å². The normalized spacial score (nSPS) is 14.1. The number of methoxy groups -OCH3 is 1. The van der Waals surface area contributed by atoms with E-state index in [1.807, 2.05) is 35.7 Å². The summed E-state index contributed by atoms with van der Waals surface area (Å²) in [6, 6.07) is 15.0. The molecule has 2 N–H and O–H groups in total. The summed E-state index contributed by atoms with van der Waals surface area (Å²) < 4.78 is 5.39. The molecule has 0 bridgehead atoms. The minimum Gasteiger partial charge on any atom is -0.510 e. The topological polar surface area (TPSA) is 69.4 Å². The molecule has 7 heteroatoms. The number of anilines is 1. The predicted molar refractivity (Wildman–Crippen MR) is 110 cm³/mol. The Morgan fingerprint density at radius 2 is 2.00 bits per heavy atom. The maximum Gasteiger partial charge on any atom is 0.142 e. The molecule has 1 aromatic heterocycles. The molecule has 136 valence electrons. The zero-order chi connectivity index (χ0) is 19.0. The van der Waals surface area contributed by atoms with Crippen LogP contribution >= 0.6 is 22.9 Å². The number of aliphatic hydroxyl groups is 1. The van der Waals surface area contributed by atoms with E-state index >= 15 is 0 Å². The Bertz CT molecular complexity index is 1050. The lowest BCUT2D eigenvalue weighted by Gasteiger charge is -2.21. The summed E-state index contributed by atoms with van der Waals surface area (Å²) in [4.78, 5) is 6.29. The number of amidine groups is 1. The molecular formula is C20H16ClN3O2S. The second-order valence-electron chi connectivity index (χ2n) is 5.98. The van der Waals surface area contributed by atoms with Crippen LogP contribution in [-0.4, -0.2) is 29.6 Å². The van der Waals surface area contributed by atoms with Gasteiger partial charge in [-0.15, -0.1) is 11.3 Å². The quantitative estimate of drug-likeness (QED) is 0.631. The molecule has 27 heavy (non-hydrogen) atoms. The largest absolute Gasteiger partial charge is 0.510 e. The number of halogens is 1. The number of rotatable bonds is 4. The average Bonchev–Trinajstić information content (AvgIpc) is 3.27. The van der Waals surface area contributed by atoms with Crippen molar-refractivity contribution in [2.45, 2.75) is 0 Å². The minimum absolute atomic E-state index is 0.107. The lowest BCUT2D eigenvalue weighted by Crippen LogP contribution is -2.26. The maximum atomic E-state index is 10.5. The Morgan fingerprint density at radius 3 is 2.74 bits per heavy atom. The smallest absolute Gasteiger partial charge is 0.142 e. The molecule has 3 aromatic rings. The van der Waals surface area contributed by atoms with Crippen molar-refractivity contribution in [1.29, 1.82) is 5.41 Å². The molecule has 0 amide bonds. The SMILES string of the molecule is COc1ccc(Cl)cc1N1CC(O)=C(c2nc(-c3ccccc3)cs2)C1=N. The molecule has 0 spiro atoms. The molecule has 0 aliphatic carbocycles. The van der Waals surface area contributed by atoms with Crippen molar-refractivity contribution in [1.82, 2.24) is 4.98 Å². The van der Waals surface area contributed by atoms with Crippen LogP contribution in [0, 0.1) is 5.41 Å². The summed E-state index contributed by atoms with van der Waals surface area (Å²) in [6.07, 6.45) is 0. The molecule has 2 aromatic carbocycles. The van der Waals surface area contributed by atoms with Crippen molar-refractivity contribution in [3.8, 4) is 17.0 Å². The van der Waals surface area contributed by atoms with E-state index in [-0.39, 0.29) is 18.1 Å². The molecule has 1 aliphatic heterocycles. The fraction of sp³-hybridized carbons (Fsp3) is 0.100. The number of aromatic nitrogens is 1. The van der Waals surface area contributed by atoms with Gasteiger partial charge in [0.15, 0.2) is 0 Å². The van der Waals surface area contributed by atoms with E-state index in [2.05, 4.69) is 4.98 Å². The number of hydrogen-bond donors (Lipinski definition) is 2. The standard InChI is InChI=1S/C20H16ClN3O2S/c1-26-17-8-7-13(21)9-15(17)24-10-16(25)18(19(24)22)20-23-14(11-27-20)12-5-3-2-4-6-12/h2-9,11,22,25H,10H2,1H3. The van der Waals surface area contributed by atoms with Crippen molar-refractivity contribution < 1.29 is 9.84 Å². The van der Waals surface area contributed by atoms with Crippen LogP contribution in [0.3, 0.4) is 0 Å². The average molecular weight is 398 g/mol. The minimum atomic E-state index is 0.107. The van der Waals surface area contributed by atoms with Gasteiger partial charge < -0.3 is 14.7 Å². The molecule has 1 aliphatic rings. The van der Waals surface area contributed by atoms with Gasteiger partial charge >= 0.3 is 0 Å². The predicted octanol–water partition coefficient (Wildman–Crippen LogP) is 5.24. The second kappa shape index (κ2) is 7.06. The van der Waals surface area contributed by atoms with Crippen LogP contribution in [0.5, 0.6) is 5.75 Å². The van der Waals surface area contributed by atoms with Gasteiger partial charge in [0.1, 0.15) is 22.4 Å². The van der Waals surface area contributed by atoms with Gasteiger partial charge in [-0.2, -0.15) is 0 Å². The van der Waals surface area contributed by atoms with Gasteiger partial charge in [-0.3, -0.25) is 5.41 Å². The highest BCUT2D eigenvalue weighted by atomic mass is 35.5. The number of thiazole rings is 1. The fourth-order valence-electron chi connectivity index (χ4n) is 3.01. The van der Waals surface area contributed by atoms with E-state index in [1.54, 1.807) is 30.2 Å². The lowest BCUT2D eigenvalue weighted by molar-refractivity contribution is 0.407. The number of nitrogens with one attached hydrogen (secondary N) is 1. The number of aliphatic hydroxyl groups excluding tert-OH is 1. The van der Waals surface area contributed by atoms with Gasteiger partial charge in [-0.25, -0.2) is 4.98 Å². The molecule has 2 heterocycles. The molecule has 4 rings (SSSR count). The first kappa shape index (κ1) is 17.6. The first-order valence-electron chi connectivity index (χ1n) is 8.22. The number of nitrogens with zero attached hydrogens (tertiary/aromatic N) is 2. The van der Waals surface area contributed by atoms with E-state index < -0.39 is 0 Å². The molecular weight excluding hydrogens is 382 g/mol. The number of ether oxygens (including phenoxy) is 1. The van der Waals surface area contributed by atoms with Crippen molar-refractivity contribution in [2.75, 3.05) is 18.6 Å². The first-order valence-corrected chi connectivity index (χ1v) is 9.47. The monoisotopic (exact) mass is 397 g/mol. The van der Waals surface area contributed by atoms with Gasteiger partial charge in [0.25, 0.3) is 0 Å². The Hall–Kier alpha value is -2.83. The van der Waals surface area contributed by atoms with Crippen LogP contribution in [0.1, 0.15) is 5.01 Å². The van der Waals surface area contributed by atoms with Gasteiger partial charge in [0.2, 0.25) is 0 Å². The lowest BCUT2D eigenvalue weighted by atomic mass is 10.2. The van der Waals surface area contributed by atoms with Gasteiger partial charge in [0, 0.05) is 16.0 Å². The summed E-state index contributed by atoms with van der Waals surface area (Å²) in [5.74, 6) is 0.861. The third-order valence-corrected chi connectivity index (χ3v) is 5.42. The maximum absolute atomic E-state index is 10.5. The fourth-order valence-corrected chi connectivity index (χ4v) is 4.08. The van der Waals surface area contributed by atoms with Crippen molar-refractivity contribution in [3.05, 3.63) is 69.7 Å². The Morgan fingerprint density at radius 1 is 1.22 bits per heavy atom. The number of benzene rings is 2. The third kappa shape index (κ3) is 3.18. The van der Waals surface area contributed by atoms with Crippen molar-refractivity contribution in [2.24, 2.45) is 0 Å². The molecule has 0 unspecified atom stereocenters. The van der Waals surface area contributed by atoms with Crippen molar-refractivity contribution in [3.63, 3.8) is 0 Å². The molecule has 0 radical (unpaired) electrons. The molecule has 5 nitrogen and oxygen atoms in total. The summed E-state index contributed by atoms with van der Waals surface area (Å²) in [5.41, 5.74) is 2.89. The van der Waals surface area contributed by atoms with Gasteiger partial charge in [-0.1, -0.05) is 41.9 Å². The molecule has 0 atom stereocenters. The highest BCUT2D eigenvalue weighted by Gasteiger charge is 2.32. The Labute approximate surface area is 165 Å². The van der Waals surface area contributed by atoms with Crippen LogP contribution in [-0.2, 0) is 0 Å². The molecule has 0 saturated heterocycles. The summed E-state index contributed by atoms with van der Waals surface area (Å²) in [5, 5.41) is 22.2. The van der Waals surface area contributed by atoms with Crippen molar-refractivity contribution >= 4 is 40.0 Å². The first-order chi connectivity index (χ1) is 13.1. The zero-order valence-corrected chi connectivity index (χ0v) is 16.0. The van der Waals surface area contributed by atoms with E-state index in [1.165, 1.54) is 11.3 Å². The van der Waals surface area contributed by atoms with Gasteiger partial charge in [0.05, 0.1) is 30.6 Å². The highest BCUT2D eigenvalue weighted by molar-refractivity contribution is 7.11. The third-order valence-electron chi connectivity index (χ3n) is 4.32. The van der Waals surface area contributed by atoms with E-state index in [0.717, 1.165) is 11.3 Å². The van der Waals surface area contributed by atoms with Crippen LogP contribution in [0.2, 0.25) is 5.02 Å². The Kier molecular flexibility index (Phi) is 4.59.